The molecule has 2 aliphatic heterocycles. The Balaban J connectivity index is 1.33. The second-order valence-electron chi connectivity index (χ2n) is 6.59. The summed E-state index contributed by atoms with van der Waals surface area (Å²) >= 11 is 0. The molecule has 2 saturated heterocycles. The Kier molecular flexibility index (Phi) is 6.00. The molecule has 2 aliphatic rings. The second kappa shape index (κ2) is 8.41. The number of rotatable bonds is 6. The van der Waals surface area contributed by atoms with Gasteiger partial charge in [-0.05, 0) is 31.5 Å². The zero-order valence-electron chi connectivity index (χ0n) is 15.0. The first kappa shape index (κ1) is 18.5. The lowest BCUT2D eigenvalue weighted by Crippen LogP contribution is -2.59. The summed E-state index contributed by atoms with van der Waals surface area (Å²) in [6.45, 7) is 5.36. The predicted molar refractivity (Wildman–Crippen MR) is 95.0 cm³/mol. The predicted octanol–water partition coefficient (Wildman–Crippen LogP) is 0.522. The molecule has 9 heteroatoms. The van der Waals surface area contributed by atoms with Crippen LogP contribution in [0, 0.1) is 5.82 Å². The summed E-state index contributed by atoms with van der Waals surface area (Å²) in [4.78, 5) is 33.2. The number of carbonyl (C=O) groups excluding carboxylic acids is 2. The van der Waals surface area contributed by atoms with Gasteiger partial charge in [0, 0.05) is 39.8 Å². The highest BCUT2D eigenvalue weighted by atomic mass is 19.1. The molecule has 142 valence electrons. The Labute approximate surface area is 152 Å². The number of hydrogen-bond donors (Lipinski definition) is 1. The van der Waals surface area contributed by atoms with Crippen molar-refractivity contribution in [1.82, 2.24) is 25.2 Å². The number of carbonyl (C=O) groups is 2. The molecule has 0 bridgehead atoms. The van der Waals surface area contributed by atoms with Crippen molar-refractivity contribution >= 4 is 17.8 Å². The molecule has 0 unspecified atom stereocenters. The number of nitrogens with one attached hydrogen (secondary N) is 1. The number of hydrogen-bond acceptors (Lipinski definition) is 6. The van der Waals surface area contributed by atoms with Crippen LogP contribution in [0.3, 0.4) is 0 Å². The lowest BCUT2D eigenvalue weighted by atomic mass is 10.2. The van der Waals surface area contributed by atoms with Gasteiger partial charge in [-0.15, -0.1) is 0 Å². The molecule has 0 aromatic carbocycles. The number of likely N-dealkylation sites (N-methyl/N-ethyl adjacent to an activating group) is 1. The van der Waals surface area contributed by atoms with Crippen LogP contribution in [0.4, 0.5) is 15.0 Å². The van der Waals surface area contributed by atoms with Crippen LogP contribution < -0.4 is 10.3 Å². The number of imide groups is 1. The van der Waals surface area contributed by atoms with Crippen LogP contribution in [0.15, 0.2) is 18.3 Å². The number of amides is 3. The van der Waals surface area contributed by atoms with E-state index >= 15 is 0 Å². The lowest BCUT2D eigenvalue weighted by Gasteiger charge is -2.35. The van der Waals surface area contributed by atoms with Gasteiger partial charge in [-0.1, -0.05) is 0 Å². The van der Waals surface area contributed by atoms with E-state index in [4.69, 9.17) is 0 Å². The Morgan fingerprint density at radius 1 is 1.12 bits per heavy atom. The zero-order chi connectivity index (χ0) is 18.5. The van der Waals surface area contributed by atoms with Crippen molar-refractivity contribution < 1.29 is 14.0 Å². The molecule has 0 atom stereocenters. The first-order valence-corrected chi connectivity index (χ1v) is 8.95. The number of unbranched alkanes of at least 4 members (excludes halogenated alkanes) is 1. The molecule has 26 heavy (non-hydrogen) atoms. The van der Waals surface area contributed by atoms with Crippen LogP contribution >= 0.6 is 0 Å². The minimum Gasteiger partial charge on any atom is -0.354 e. The summed E-state index contributed by atoms with van der Waals surface area (Å²) in [5, 5.41) is 1.51. The molecule has 0 saturated carbocycles. The standard InChI is InChI=1S/C17H25FN6O2/c1-21-16(25)13-20-24(17(21)26)7-3-2-6-22-8-10-23(11-9-22)15-5-4-14(18)12-19-15/h4-5,12,20H,2-3,6-11,13H2,1H3. The van der Waals surface area contributed by atoms with E-state index in [1.807, 2.05) is 0 Å². The topological polar surface area (TPSA) is 72.0 Å². The van der Waals surface area contributed by atoms with E-state index in [1.165, 1.54) is 24.3 Å². The summed E-state index contributed by atoms with van der Waals surface area (Å²) < 4.78 is 13.0. The molecule has 0 aliphatic carbocycles. The van der Waals surface area contributed by atoms with Crippen molar-refractivity contribution in [2.45, 2.75) is 12.8 Å². The van der Waals surface area contributed by atoms with Crippen molar-refractivity contribution in [2.75, 3.05) is 57.8 Å². The molecule has 1 aromatic heterocycles. The third-order valence-corrected chi connectivity index (χ3v) is 4.83. The summed E-state index contributed by atoms with van der Waals surface area (Å²) in [6.07, 6.45) is 3.11. The van der Waals surface area contributed by atoms with Gasteiger partial charge in [0.15, 0.2) is 0 Å². The van der Waals surface area contributed by atoms with E-state index in [9.17, 15) is 14.0 Å². The molecular formula is C17H25FN6O2. The number of pyridine rings is 1. The number of aromatic nitrogens is 1. The maximum absolute atomic E-state index is 13.0. The molecule has 3 rings (SSSR count). The quantitative estimate of drug-likeness (QED) is 0.742. The third-order valence-electron chi connectivity index (χ3n) is 4.83. The van der Waals surface area contributed by atoms with E-state index in [0.717, 1.165) is 56.3 Å². The molecule has 2 fully saturated rings. The van der Waals surface area contributed by atoms with Crippen LogP contribution in [0.25, 0.3) is 0 Å². The van der Waals surface area contributed by atoms with Gasteiger partial charge in [0.2, 0.25) is 5.91 Å². The fraction of sp³-hybridized carbons (Fsp3) is 0.588. The molecule has 3 amide bonds. The normalized spacial score (nSPS) is 19.4. The van der Waals surface area contributed by atoms with Crippen LogP contribution in [0.5, 0.6) is 0 Å². The monoisotopic (exact) mass is 364 g/mol. The van der Waals surface area contributed by atoms with Gasteiger partial charge in [0.05, 0.1) is 12.7 Å². The first-order chi connectivity index (χ1) is 12.5. The molecule has 1 N–H and O–H groups in total. The number of halogens is 1. The van der Waals surface area contributed by atoms with E-state index in [0.29, 0.717) is 6.54 Å². The zero-order valence-corrected chi connectivity index (χ0v) is 15.0. The maximum Gasteiger partial charge on any atom is 0.340 e. The molecule has 1 aromatic rings. The van der Waals surface area contributed by atoms with Crippen molar-refractivity contribution in [2.24, 2.45) is 0 Å². The minimum atomic E-state index is -0.315. The summed E-state index contributed by atoms with van der Waals surface area (Å²) in [5.41, 5.74) is 2.85. The average molecular weight is 364 g/mol. The van der Waals surface area contributed by atoms with Gasteiger partial charge < -0.3 is 4.90 Å². The Morgan fingerprint density at radius 2 is 1.85 bits per heavy atom. The molecular weight excluding hydrogens is 339 g/mol. The van der Waals surface area contributed by atoms with E-state index in [2.05, 4.69) is 20.2 Å². The average Bonchev–Trinajstić information content (AvgIpc) is 2.66. The van der Waals surface area contributed by atoms with E-state index < -0.39 is 0 Å². The minimum absolute atomic E-state index is 0.168. The molecule has 8 nitrogen and oxygen atoms in total. The Hall–Kier alpha value is -2.26. The Bertz CT molecular complexity index is 633. The summed E-state index contributed by atoms with van der Waals surface area (Å²) in [7, 11) is 1.51. The third kappa shape index (κ3) is 4.47. The smallest absolute Gasteiger partial charge is 0.340 e. The van der Waals surface area contributed by atoms with Crippen LogP contribution in [0.2, 0.25) is 0 Å². The Morgan fingerprint density at radius 3 is 2.54 bits per heavy atom. The van der Waals surface area contributed by atoms with Crippen molar-refractivity contribution in [3.8, 4) is 0 Å². The van der Waals surface area contributed by atoms with Crippen molar-refractivity contribution in [1.29, 1.82) is 0 Å². The summed E-state index contributed by atoms with van der Waals surface area (Å²) in [6, 6.07) is 2.87. The maximum atomic E-state index is 13.0. The van der Waals surface area contributed by atoms with Crippen molar-refractivity contribution in [3.05, 3.63) is 24.1 Å². The summed E-state index contributed by atoms with van der Waals surface area (Å²) in [5.74, 6) is 0.295. The van der Waals surface area contributed by atoms with Crippen molar-refractivity contribution in [3.63, 3.8) is 0 Å². The fourth-order valence-corrected chi connectivity index (χ4v) is 3.17. The molecule has 0 spiro atoms. The highest BCUT2D eigenvalue weighted by Gasteiger charge is 2.28. The highest BCUT2D eigenvalue weighted by molar-refractivity contribution is 5.96. The number of piperazine rings is 1. The molecule has 3 heterocycles. The lowest BCUT2D eigenvalue weighted by molar-refractivity contribution is -0.130. The SMILES string of the molecule is CN1C(=O)CNN(CCCCN2CCN(c3ccc(F)cn3)CC2)C1=O. The number of urea groups is 1. The number of hydrazine groups is 1. The highest BCUT2D eigenvalue weighted by Crippen LogP contribution is 2.14. The second-order valence-corrected chi connectivity index (χ2v) is 6.59. The van der Waals surface area contributed by atoms with Gasteiger partial charge in [-0.25, -0.2) is 19.6 Å². The largest absolute Gasteiger partial charge is 0.354 e. The van der Waals surface area contributed by atoms with E-state index in [1.54, 1.807) is 6.07 Å². The van der Waals surface area contributed by atoms with Crippen LogP contribution in [-0.4, -0.2) is 84.6 Å². The van der Waals surface area contributed by atoms with Crippen LogP contribution in [0.1, 0.15) is 12.8 Å². The fourth-order valence-electron chi connectivity index (χ4n) is 3.17. The van der Waals surface area contributed by atoms with Gasteiger partial charge in [-0.2, -0.15) is 0 Å². The van der Waals surface area contributed by atoms with Gasteiger partial charge in [-0.3, -0.25) is 19.6 Å². The van der Waals surface area contributed by atoms with Gasteiger partial charge >= 0.3 is 6.03 Å². The van der Waals surface area contributed by atoms with Crippen LogP contribution in [-0.2, 0) is 4.79 Å². The number of anilines is 1. The first-order valence-electron chi connectivity index (χ1n) is 8.95. The van der Waals surface area contributed by atoms with Gasteiger partial charge in [0.25, 0.3) is 0 Å². The van der Waals surface area contributed by atoms with E-state index in [-0.39, 0.29) is 24.3 Å². The molecule has 0 radical (unpaired) electrons. The van der Waals surface area contributed by atoms with Gasteiger partial charge in [0.1, 0.15) is 11.6 Å². The number of nitrogens with zero attached hydrogens (tertiary/aromatic N) is 5.